The van der Waals surface area contributed by atoms with Gasteiger partial charge in [-0.05, 0) is 128 Å². The number of aliphatic hydroxyl groups excluding tert-OH is 2. The fourth-order valence-corrected chi connectivity index (χ4v) is 9.95. The van der Waals surface area contributed by atoms with E-state index in [1.54, 1.807) is 0 Å². The number of hydrogen-bond donors (Lipinski definition) is 4. The van der Waals surface area contributed by atoms with Crippen molar-refractivity contribution < 1.29 is 75.8 Å². The summed E-state index contributed by atoms with van der Waals surface area (Å²) in [5.74, 6) is -1.63. The molecule has 0 fully saturated rings. The molecule has 0 aromatic rings. The van der Waals surface area contributed by atoms with Crippen molar-refractivity contribution in [2.75, 3.05) is 39.6 Å². The molecule has 0 radical (unpaired) electrons. The molecule has 0 aliphatic carbocycles. The van der Waals surface area contributed by atoms with Gasteiger partial charge in [-0.3, -0.25) is 32.5 Å². The van der Waals surface area contributed by atoms with Gasteiger partial charge in [0.2, 0.25) is 0 Å². The van der Waals surface area contributed by atoms with Crippen molar-refractivity contribution in [2.45, 2.75) is 270 Å². The van der Waals surface area contributed by atoms with Gasteiger partial charge >= 0.3 is 33.6 Å². The summed E-state index contributed by atoms with van der Waals surface area (Å²) in [6.45, 7) is 2.43. The van der Waals surface area contributed by atoms with E-state index in [1.807, 2.05) is 0 Å². The number of carbonyl (C=O) groups is 3. The van der Waals surface area contributed by atoms with E-state index in [2.05, 4.69) is 130 Å². The molecule has 0 bridgehead atoms. The van der Waals surface area contributed by atoms with E-state index in [4.69, 9.17) is 32.3 Å². The number of esters is 3. The minimum absolute atomic E-state index is 0.0835. The highest BCUT2D eigenvalue weighted by molar-refractivity contribution is 7.47. The molecule has 0 rings (SSSR count). The third-order valence-corrected chi connectivity index (χ3v) is 15.4. The number of rotatable bonds is 62. The lowest BCUT2D eigenvalue weighted by Crippen LogP contribution is -2.30. The molecule has 0 spiro atoms. The molecule has 0 aromatic heterocycles. The predicted octanol–water partition coefficient (Wildman–Crippen LogP) is 18.1. The highest BCUT2D eigenvalue weighted by Crippen LogP contribution is 2.45. The number of carbonyl (C=O) groups excluding carboxylic acids is 3. The van der Waals surface area contributed by atoms with Crippen LogP contribution >= 0.6 is 15.6 Å². The second-order valence-electron chi connectivity index (χ2n) is 21.9. The van der Waals surface area contributed by atoms with Crippen LogP contribution < -0.4 is 0 Å². The summed E-state index contributed by atoms with van der Waals surface area (Å²) in [4.78, 5) is 58.3. The molecule has 4 N–H and O–H groups in total. The summed E-state index contributed by atoms with van der Waals surface area (Å²) in [5.41, 5.74) is 0. The Labute approximate surface area is 526 Å². The SMILES string of the molecule is CC/C=C\C/C=C\C/C=C\C/C=C\C/C=C\CCCCCCCC(=O)OCC(O)COP(=O)(O)OCC(O)COP(=O)(O)OCC(COC(=O)CCCCCCC/C=C\C/C=C\CCCCC)OC(=O)CCCCCCC/C=C\C/C=C\CCCCC. The van der Waals surface area contributed by atoms with Crippen molar-refractivity contribution in [3.05, 3.63) is 109 Å². The number of ether oxygens (including phenoxy) is 3. The van der Waals surface area contributed by atoms with Gasteiger partial charge in [-0.25, -0.2) is 9.13 Å². The average Bonchev–Trinajstić information content (AvgIpc) is 3.68. The van der Waals surface area contributed by atoms with Crippen LogP contribution in [-0.4, -0.2) is 95.9 Å². The van der Waals surface area contributed by atoms with E-state index in [9.17, 15) is 43.5 Å². The second-order valence-corrected chi connectivity index (χ2v) is 24.8. The van der Waals surface area contributed by atoms with E-state index in [-0.39, 0.29) is 19.3 Å². The molecule has 0 saturated carbocycles. The van der Waals surface area contributed by atoms with Gasteiger partial charge in [0.1, 0.15) is 25.4 Å². The van der Waals surface area contributed by atoms with Crippen molar-refractivity contribution in [2.24, 2.45) is 0 Å². The molecule has 0 aliphatic rings. The Morgan fingerprint density at radius 1 is 0.333 bits per heavy atom. The summed E-state index contributed by atoms with van der Waals surface area (Å²) in [5, 5.41) is 20.5. The van der Waals surface area contributed by atoms with Gasteiger partial charge in [-0.1, -0.05) is 214 Å². The quantitative estimate of drug-likeness (QED) is 0.0146. The lowest BCUT2D eigenvalue weighted by molar-refractivity contribution is -0.161. The zero-order chi connectivity index (χ0) is 63.8. The molecule has 0 amide bonds. The lowest BCUT2D eigenvalue weighted by Gasteiger charge is -2.21. The van der Waals surface area contributed by atoms with Crippen LogP contribution in [0.2, 0.25) is 0 Å². The maximum Gasteiger partial charge on any atom is 0.472 e. The minimum atomic E-state index is -4.93. The highest BCUT2D eigenvalue weighted by atomic mass is 31.2. The van der Waals surface area contributed by atoms with Crippen LogP contribution in [0.1, 0.15) is 252 Å². The van der Waals surface area contributed by atoms with Gasteiger partial charge < -0.3 is 34.2 Å². The van der Waals surface area contributed by atoms with Crippen molar-refractivity contribution in [3.8, 4) is 0 Å². The normalized spacial score (nSPS) is 15.0. The number of unbranched alkanes of at least 4 members (excludes halogenated alkanes) is 21. The van der Waals surface area contributed by atoms with Crippen LogP contribution in [0.3, 0.4) is 0 Å². The van der Waals surface area contributed by atoms with Crippen LogP contribution in [0.25, 0.3) is 0 Å². The van der Waals surface area contributed by atoms with E-state index in [1.165, 1.54) is 38.5 Å². The Hall–Kier alpha value is -3.79. The van der Waals surface area contributed by atoms with Crippen molar-refractivity contribution in [1.82, 2.24) is 0 Å². The molecule has 0 heterocycles. The summed E-state index contributed by atoms with van der Waals surface area (Å²) in [7, 11) is -9.79. The third-order valence-electron chi connectivity index (χ3n) is 13.5. The van der Waals surface area contributed by atoms with E-state index in [0.717, 1.165) is 154 Å². The van der Waals surface area contributed by atoms with E-state index in [0.29, 0.717) is 19.3 Å². The smallest absolute Gasteiger partial charge is 0.463 e. The minimum Gasteiger partial charge on any atom is -0.463 e. The van der Waals surface area contributed by atoms with Crippen LogP contribution in [0.15, 0.2) is 109 Å². The van der Waals surface area contributed by atoms with Crippen molar-refractivity contribution >= 4 is 33.6 Å². The molecule has 0 saturated heterocycles. The van der Waals surface area contributed by atoms with Crippen LogP contribution in [0, 0.1) is 0 Å². The van der Waals surface area contributed by atoms with Crippen LogP contribution in [0.5, 0.6) is 0 Å². The Morgan fingerprint density at radius 3 is 0.966 bits per heavy atom. The average molecular weight is 1270 g/mol. The topological polar surface area (TPSA) is 231 Å². The molecule has 0 aromatic carbocycles. The van der Waals surface area contributed by atoms with Crippen LogP contribution in [-0.2, 0) is 55.8 Å². The second kappa shape index (κ2) is 62.4. The van der Waals surface area contributed by atoms with Gasteiger partial charge in [0, 0.05) is 19.3 Å². The number of aliphatic hydroxyl groups is 2. The molecule has 5 atom stereocenters. The zero-order valence-electron chi connectivity index (χ0n) is 53.9. The highest BCUT2D eigenvalue weighted by Gasteiger charge is 2.29. The number of allylic oxidation sites excluding steroid dienone is 18. The third kappa shape index (κ3) is 63.6. The van der Waals surface area contributed by atoms with Gasteiger partial charge in [-0.15, -0.1) is 0 Å². The Balaban J connectivity index is 4.68. The first-order valence-corrected chi connectivity index (χ1v) is 36.2. The molecule has 500 valence electrons. The first-order chi connectivity index (χ1) is 42.2. The summed E-state index contributed by atoms with van der Waals surface area (Å²) >= 11 is 0. The lowest BCUT2D eigenvalue weighted by atomic mass is 10.1. The fraction of sp³-hybridized carbons (Fsp3) is 0.696. The summed E-state index contributed by atoms with van der Waals surface area (Å²) in [6, 6.07) is 0. The standard InChI is InChI=1S/C69H118O16P2/c1-4-7-10-13-16-19-22-25-28-29-30-31-32-33-36-38-40-43-46-49-52-55-67(72)79-58-64(70)59-81-86(75,76)82-60-65(71)61-83-87(77,78)84-63-66(85-69(74)57-54-51-48-45-42-39-35-27-24-21-18-15-12-9-6-3)62-80-68(73)56-53-50-47-44-41-37-34-26-23-20-17-14-11-8-5-2/h7,10,16-21,25-28,30-31,33-36,64-66,70-71H,4-6,8-9,11-15,22-24,29,32,37-63H2,1-3H3,(H,75,76)(H,77,78)/b10-7-,19-16-,20-17-,21-18-,28-25-,31-30-,34-26-,35-27-,36-33-. The molecule has 5 unspecified atom stereocenters. The zero-order valence-corrected chi connectivity index (χ0v) is 55.7. The van der Waals surface area contributed by atoms with Gasteiger partial charge in [0.25, 0.3) is 0 Å². The Bertz CT molecular complexity index is 2030. The van der Waals surface area contributed by atoms with Gasteiger partial charge in [0.15, 0.2) is 6.10 Å². The summed E-state index contributed by atoms with van der Waals surface area (Å²) < 4.78 is 60.8. The number of hydrogen-bond acceptors (Lipinski definition) is 14. The number of phosphoric acid groups is 2. The van der Waals surface area contributed by atoms with Crippen LogP contribution in [0.4, 0.5) is 0 Å². The van der Waals surface area contributed by atoms with E-state index >= 15 is 0 Å². The maximum absolute atomic E-state index is 12.9. The predicted molar refractivity (Wildman–Crippen MR) is 353 cm³/mol. The molecule has 18 heteroatoms. The van der Waals surface area contributed by atoms with E-state index < -0.39 is 91.5 Å². The maximum atomic E-state index is 12.9. The summed E-state index contributed by atoms with van der Waals surface area (Å²) in [6.07, 6.45) is 68.5. The van der Waals surface area contributed by atoms with Gasteiger partial charge in [-0.2, -0.15) is 0 Å². The fourth-order valence-electron chi connectivity index (χ4n) is 8.36. The molecule has 16 nitrogen and oxygen atoms in total. The molecule has 0 aliphatic heterocycles. The monoisotopic (exact) mass is 1260 g/mol. The Morgan fingerprint density at radius 2 is 0.609 bits per heavy atom. The molecular formula is C69H118O16P2. The van der Waals surface area contributed by atoms with Gasteiger partial charge in [0.05, 0.1) is 26.4 Å². The first kappa shape index (κ1) is 83.2. The molecule has 87 heavy (non-hydrogen) atoms. The largest absolute Gasteiger partial charge is 0.472 e. The Kier molecular flexibility index (Phi) is 59.7. The first-order valence-electron chi connectivity index (χ1n) is 33.2. The van der Waals surface area contributed by atoms with Crippen molar-refractivity contribution in [1.29, 1.82) is 0 Å². The van der Waals surface area contributed by atoms with Crippen molar-refractivity contribution in [3.63, 3.8) is 0 Å². The number of phosphoric ester groups is 2. The molecular weight excluding hydrogens is 1150 g/mol.